The van der Waals surface area contributed by atoms with Crippen molar-refractivity contribution in [2.75, 3.05) is 5.32 Å². The van der Waals surface area contributed by atoms with Crippen LogP contribution in [0.15, 0.2) is 34.9 Å². The van der Waals surface area contributed by atoms with Crippen molar-refractivity contribution in [2.45, 2.75) is 13.5 Å². The zero-order valence-corrected chi connectivity index (χ0v) is 9.43. The monoisotopic (exact) mass is 231 g/mol. The summed E-state index contributed by atoms with van der Waals surface area (Å²) in [6, 6.07) is 8.91. The fourth-order valence-electron chi connectivity index (χ4n) is 1.39. The van der Waals surface area contributed by atoms with Gasteiger partial charge in [-0.3, -0.25) is 4.79 Å². The van der Waals surface area contributed by atoms with Crippen LogP contribution in [0.1, 0.15) is 21.8 Å². The number of anilines is 1. The first-order valence-electron chi connectivity index (χ1n) is 5.22. The number of nitrogens with two attached hydrogens (primary N) is 1. The quantitative estimate of drug-likeness (QED) is 0.842. The van der Waals surface area contributed by atoms with Gasteiger partial charge in [0.2, 0.25) is 0 Å². The normalized spacial score (nSPS) is 10.2. The zero-order valence-electron chi connectivity index (χ0n) is 9.43. The summed E-state index contributed by atoms with van der Waals surface area (Å²) in [4.78, 5) is 11.7. The number of carbonyl (C=O) groups is 1. The first-order valence-corrected chi connectivity index (χ1v) is 5.22. The van der Waals surface area contributed by atoms with Gasteiger partial charge in [-0.15, -0.1) is 0 Å². The Bertz CT molecular complexity index is 517. The number of benzene rings is 1. The van der Waals surface area contributed by atoms with E-state index in [0.717, 1.165) is 5.56 Å². The van der Waals surface area contributed by atoms with Crippen LogP contribution in [0.4, 0.5) is 5.69 Å². The minimum atomic E-state index is -0.289. The van der Waals surface area contributed by atoms with Crippen LogP contribution >= 0.6 is 0 Å². The lowest BCUT2D eigenvalue weighted by Crippen LogP contribution is -2.12. The summed E-state index contributed by atoms with van der Waals surface area (Å²) in [5.74, 6) is 0.316. The molecule has 1 aromatic heterocycles. The van der Waals surface area contributed by atoms with E-state index in [2.05, 4.69) is 10.5 Å². The Balaban J connectivity index is 2.07. The maximum absolute atomic E-state index is 11.7. The average Bonchev–Trinajstić information content (AvgIpc) is 2.77. The van der Waals surface area contributed by atoms with Crippen molar-refractivity contribution in [1.82, 2.24) is 5.16 Å². The molecule has 0 fully saturated rings. The van der Waals surface area contributed by atoms with E-state index in [0.29, 0.717) is 18.0 Å². The molecule has 0 aliphatic carbocycles. The van der Waals surface area contributed by atoms with Gasteiger partial charge >= 0.3 is 0 Å². The predicted molar refractivity (Wildman–Crippen MR) is 63.5 cm³/mol. The number of nitrogens with one attached hydrogen (secondary N) is 1. The molecule has 2 aromatic rings. The van der Waals surface area contributed by atoms with Crippen LogP contribution in [0.3, 0.4) is 0 Å². The molecular formula is C12H13N3O2. The van der Waals surface area contributed by atoms with Gasteiger partial charge in [0.25, 0.3) is 5.91 Å². The van der Waals surface area contributed by atoms with Crippen LogP contribution in [-0.4, -0.2) is 11.1 Å². The summed E-state index contributed by atoms with van der Waals surface area (Å²) in [6.45, 7) is 2.22. The second kappa shape index (κ2) is 4.80. The molecule has 1 amide bonds. The highest BCUT2D eigenvalue weighted by molar-refractivity contribution is 6.02. The van der Waals surface area contributed by atoms with Gasteiger partial charge < -0.3 is 15.6 Å². The van der Waals surface area contributed by atoms with Crippen LogP contribution in [0.25, 0.3) is 0 Å². The molecule has 0 saturated heterocycles. The SMILES string of the molecule is Cc1cc(C(=O)Nc2ccc(CN)cc2)no1. The Morgan fingerprint density at radius 2 is 2.12 bits per heavy atom. The Hall–Kier alpha value is -2.14. The van der Waals surface area contributed by atoms with Crippen molar-refractivity contribution in [2.24, 2.45) is 5.73 Å². The average molecular weight is 231 g/mol. The highest BCUT2D eigenvalue weighted by Crippen LogP contribution is 2.11. The van der Waals surface area contributed by atoms with E-state index in [1.165, 1.54) is 0 Å². The number of amides is 1. The number of nitrogens with zero attached hydrogens (tertiary/aromatic N) is 1. The van der Waals surface area contributed by atoms with Gasteiger partial charge in [-0.05, 0) is 24.6 Å². The van der Waals surface area contributed by atoms with Gasteiger partial charge in [0, 0.05) is 18.3 Å². The molecule has 0 atom stereocenters. The fourth-order valence-corrected chi connectivity index (χ4v) is 1.39. The van der Waals surface area contributed by atoms with Gasteiger partial charge in [-0.2, -0.15) is 0 Å². The first-order chi connectivity index (χ1) is 8.19. The third-order valence-electron chi connectivity index (χ3n) is 2.31. The van der Waals surface area contributed by atoms with Gasteiger partial charge in [0.05, 0.1) is 0 Å². The lowest BCUT2D eigenvalue weighted by atomic mass is 10.2. The van der Waals surface area contributed by atoms with Gasteiger partial charge in [0.1, 0.15) is 5.76 Å². The lowest BCUT2D eigenvalue weighted by molar-refractivity contribution is 0.101. The van der Waals surface area contributed by atoms with Gasteiger partial charge in [-0.1, -0.05) is 17.3 Å². The van der Waals surface area contributed by atoms with Crippen LogP contribution in [-0.2, 0) is 6.54 Å². The predicted octanol–water partition coefficient (Wildman–Crippen LogP) is 1.69. The van der Waals surface area contributed by atoms with Crippen molar-refractivity contribution in [3.8, 4) is 0 Å². The molecule has 5 heteroatoms. The minimum Gasteiger partial charge on any atom is -0.361 e. The summed E-state index contributed by atoms with van der Waals surface area (Å²) >= 11 is 0. The van der Waals surface area contributed by atoms with Crippen molar-refractivity contribution >= 4 is 11.6 Å². The molecule has 88 valence electrons. The molecule has 3 N–H and O–H groups in total. The highest BCUT2D eigenvalue weighted by atomic mass is 16.5. The van der Waals surface area contributed by atoms with Crippen LogP contribution in [0.5, 0.6) is 0 Å². The van der Waals surface area contributed by atoms with Crippen LogP contribution in [0.2, 0.25) is 0 Å². The molecular weight excluding hydrogens is 218 g/mol. The molecule has 17 heavy (non-hydrogen) atoms. The zero-order chi connectivity index (χ0) is 12.3. The van der Waals surface area contributed by atoms with E-state index in [4.69, 9.17) is 10.3 Å². The fraction of sp³-hybridized carbons (Fsp3) is 0.167. The van der Waals surface area contributed by atoms with Crippen molar-refractivity contribution in [3.05, 3.63) is 47.3 Å². The van der Waals surface area contributed by atoms with E-state index in [-0.39, 0.29) is 11.6 Å². The van der Waals surface area contributed by atoms with Crippen molar-refractivity contribution in [3.63, 3.8) is 0 Å². The van der Waals surface area contributed by atoms with Gasteiger partial charge in [-0.25, -0.2) is 0 Å². The summed E-state index contributed by atoms with van der Waals surface area (Å²) in [6.07, 6.45) is 0. The van der Waals surface area contributed by atoms with E-state index < -0.39 is 0 Å². The van der Waals surface area contributed by atoms with E-state index in [9.17, 15) is 4.79 Å². The molecule has 0 bridgehead atoms. The Morgan fingerprint density at radius 3 is 2.65 bits per heavy atom. The summed E-state index contributed by atoms with van der Waals surface area (Å²) in [7, 11) is 0. The Kier molecular flexibility index (Phi) is 3.20. The maximum Gasteiger partial charge on any atom is 0.277 e. The number of hydrogen-bond donors (Lipinski definition) is 2. The summed E-state index contributed by atoms with van der Waals surface area (Å²) in [5.41, 5.74) is 7.47. The third kappa shape index (κ3) is 2.70. The topological polar surface area (TPSA) is 81.2 Å². The highest BCUT2D eigenvalue weighted by Gasteiger charge is 2.10. The molecule has 5 nitrogen and oxygen atoms in total. The first kappa shape index (κ1) is 11.3. The summed E-state index contributed by atoms with van der Waals surface area (Å²) in [5, 5.41) is 6.36. The summed E-state index contributed by atoms with van der Waals surface area (Å²) < 4.78 is 4.83. The second-order valence-corrected chi connectivity index (χ2v) is 3.68. The van der Waals surface area contributed by atoms with Crippen LogP contribution < -0.4 is 11.1 Å². The molecule has 1 heterocycles. The Morgan fingerprint density at radius 1 is 1.41 bits per heavy atom. The number of hydrogen-bond acceptors (Lipinski definition) is 4. The largest absolute Gasteiger partial charge is 0.361 e. The molecule has 0 radical (unpaired) electrons. The smallest absolute Gasteiger partial charge is 0.277 e. The lowest BCUT2D eigenvalue weighted by Gasteiger charge is -2.03. The molecule has 0 unspecified atom stereocenters. The molecule has 2 rings (SSSR count). The Labute approximate surface area is 98.6 Å². The van der Waals surface area contributed by atoms with Crippen molar-refractivity contribution < 1.29 is 9.32 Å². The molecule has 1 aromatic carbocycles. The maximum atomic E-state index is 11.7. The standard InChI is InChI=1S/C12H13N3O2/c1-8-6-11(15-17-8)12(16)14-10-4-2-9(7-13)3-5-10/h2-6H,7,13H2,1H3,(H,14,16). The van der Waals surface area contributed by atoms with E-state index in [1.807, 2.05) is 12.1 Å². The molecule has 0 saturated carbocycles. The number of rotatable bonds is 3. The third-order valence-corrected chi connectivity index (χ3v) is 2.31. The van der Waals surface area contributed by atoms with Crippen LogP contribution in [0, 0.1) is 6.92 Å². The molecule has 0 aliphatic rings. The number of aryl methyl sites for hydroxylation is 1. The molecule has 0 spiro atoms. The van der Waals surface area contributed by atoms with Crippen molar-refractivity contribution in [1.29, 1.82) is 0 Å². The molecule has 0 aliphatic heterocycles. The number of carbonyl (C=O) groups excluding carboxylic acids is 1. The number of aromatic nitrogens is 1. The second-order valence-electron chi connectivity index (χ2n) is 3.68. The van der Waals surface area contributed by atoms with E-state index >= 15 is 0 Å². The van der Waals surface area contributed by atoms with Gasteiger partial charge in [0.15, 0.2) is 5.69 Å². The minimum absolute atomic E-state index is 0.269. The van der Waals surface area contributed by atoms with E-state index in [1.54, 1.807) is 25.1 Å².